The molecule has 6 heteroatoms. The summed E-state index contributed by atoms with van der Waals surface area (Å²) >= 11 is 12.0. The van der Waals surface area contributed by atoms with Crippen LogP contribution in [-0.2, 0) is 6.54 Å². The average Bonchev–Trinajstić information content (AvgIpc) is 2.87. The van der Waals surface area contributed by atoms with Crippen LogP contribution >= 0.6 is 23.2 Å². The largest absolute Gasteiger partial charge is 0.464 e. The van der Waals surface area contributed by atoms with Gasteiger partial charge in [-0.25, -0.2) is 4.98 Å². The number of furan rings is 1. The van der Waals surface area contributed by atoms with Gasteiger partial charge in [0.25, 0.3) is 0 Å². The zero-order chi connectivity index (χ0) is 13.6. The van der Waals surface area contributed by atoms with E-state index in [2.05, 4.69) is 4.98 Å². The lowest BCUT2D eigenvalue weighted by molar-refractivity contribution is 0.473. The Hall–Kier alpha value is -1.65. The van der Waals surface area contributed by atoms with E-state index in [0.717, 1.165) is 22.6 Å². The van der Waals surface area contributed by atoms with Crippen molar-refractivity contribution in [2.45, 2.75) is 13.5 Å². The maximum atomic E-state index is 6.04. The molecule has 19 heavy (non-hydrogen) atoms. The number of hydrogen-bond donors (Lipinski definition) is 1. The number of aryl methyl sites for hydroxylation is 1. The fourth-order valence-electron chi connectivity index (χ4n) is 2.03. The molecule has 0 aliphatic rings. The van der Waals surface area contributed by atoms with E-state index in [1.165, 1.54) is 0 Å². The molecule has 2 heterocycles. The third-order valence-corrected chi connectivity index (χ3v) is 3.65. The summed E-state index contributed by atoms with van der Waals surface area (Å²) in [7, 11) is 0. The topological polar surface area (TPSA) is 57.0 Å². The molecule has 2 N–H and O–H groups in total. The Morgan fingerprint density at radius 1 is 1.26 bits per heavy atom. The molecule has 1 aromatic carbocycles. The molecule has 0 aliphatic carbocycles. The fraction of sp³-hybridized carbons (Fsp3) is 0.154. The molecule has 0 unspecified atom stereocenters. The molecule has 4 nitrogen and oxygen atoms in total. The molecule has 0 aliphatic heterocycles. The molecule has 0 spiro atoms. The van der Waals surface area contributed by atoms with Gasteiger partial charge in [0, 0.05) is 0 Å². The summed E-state index contributed by atoms with van der Waals surface area (Å²) in [6, 6.07) is 7.30. The van der Waals surface area contributed by atoms with E-state index in [1.54, 1.807) is 12.1 Å². The summed E-state index contributed by atoms with van der Waals surface area (Å²) in [5.41, 5.74) is 7.48. The monoisotopic (exact) mass is 295 g/mol. The molecular formula is C13H11Cl2N3O. The van der Waals surface area contributed by atoms with Crippen molar-refractivity contribution in [1.82, 2.24) is 9.55 Å². The molecule has 0 bridgehead atoms. The van der Waals surface area contributed by atoms with Crippen molar-refractivity contribution in [2.75, 3.05) is 5.73 Å². The first-order chi connectivity index (χ1) is 9.04. The molecule has 98 valence electrons. The zero-order valence-electron chi connectivity index (χ0n) is 10.2. The Morgan fingerprint density at radius 2 is 2.00 bits per heavy atom. The number of anilines is 1. The SMILES string of the molecule is Cc1ccc(Cn2c(N)nc3cc(Cl)c(Cl)cc32)o1. The summed E-state index contributed by atoms with van der Waals surface area (Å²) in [5.74, 6) is 2.08. The maximum Gasteiger partial charge on any atom is 0.201 e. The van der Waals surface area contributed by atoms with Gasteiger partial charge >= 0.3 is 0 Å². The van der Waals surface area contributed by atoms with E-state index in [1.807, 2.05) is 23.6 Å². The lowest BCUT2D eigenvalue weighted by Crippen LogP contribution is -2.03. The van der Waals surface area contributed by atoms with Crippen LogP contribution in [0.25, 0.3) is 11.0 Å². The average molecular weight is 296 g/mol. The predicted molar refractivity (Wildman–Crippen MR) is 76.7 cm³/mol. The first-order valence-corrected chi connectivity index (χ1v) is 6.46. The third kappa shape index (κ3) is 2.17. The van der Waals surface area contributed by atoms with Crippen molar-refractivity contribution < 1.29 is 4.42 Å². The predicted octanol–water partition coefficient (Wildman–Crippen LogP) is 3.88. The van der Waals surface area contributed by atoms with Crippen LogP contribution in [0.5, 0.6) is 0 Å². The number of halogens is 2. The van der Waals surface area contributed by atoms with Gasteiger partial charge in [0.15, 0.2) is 0 Å². The van der Waals surface area contributed by atoms with Crippen molar-refractivity contribution in [3.05, 3.63) is 45.8 Å². The van der Waals surface area contributed by atoms with Gasteiger partial charge in [0.05, 0.1) is 27.6 Å². The van der Waals surface area contributed by atoms with E-state index in [0.29, 0.717) is 22.5 Å². The minimum Gasteiger partial charge on any atom is -0.464 e. The summed E-state index contributed by atoms with van der Waals surface area (Å²) in [5, 5.41) is 0.943. The summed E-state index contributed by atoms with van der Waals surface area (Å²) in [4.78, 5) is 4.27. The second kappa shape index (κ2) is 4.47. The van der Waals surface area contributed by atoms with Crippen LogP contribution in [0.15, 0.2) is 28.7 Å². The number of benzene rings is 1. The van der Waals surface area contributed by atoms with Crippen LogP contribution in [0, 0.1) is 6.92 Å². The molecule has 0 radical (unpaired) electrons. The van der Waals surface area contributed by atoms with Gasteiger partial charge in [-0.1, -0.05) is 23.2 Å². The number of fused-ring (bicyclic) bond motifs is 1. The molecular weight excluding hydrogens is 285 g/mol. The second-order valence-electron chi connectivity index (χ2n) is 4.32. The first-order valence-electron chi connectivity index (χ1n) is 5.70. The highest BCUT2D eigenvalue weighted by atomic mass is 35.5. The van der Waals surface area contributed by atoms with Crippen molar-refractivity contribution in [3.8, 4) is 0 Å². The molecule has 0 saturated heterocycles. The van der Waals surface area contributed by atoms with Crippen molar-refractivity contribution in [2.24, 2.45) is 0 Å². The lowest BCUT2D eigenvalue weighted by Gasteiger charge is -2.04. The Balaban J connectivity index is 2.12. The molecule has 3 aromatic rings. The molecule has 0 amide bonds. The van der Waals surface area contributed by atoms with Gasteiger partial charge in [-0.3, -0.25) is 0 Å². The summed E-state index contributed by atoms with van der Waals surface area (Å²) < 4.78 is 7.39. The van der Waals surface area contributed by atoms with Crippen LogP contribution in [0.3, 0.4) is 0 Å². The van der Waals surface area contributed by atoms with Crippen LogP contribution in [0.2, 0.25) is 10.0 Å². The Bertz CT molecular complexity index is 761. The van der Waals surface area contributed by atoms with Crippen LogP contribution in [0.1, 0.15) is 11.5 Å². The van der Waals surface area contributed by atoms with Gasteiger partial charge in [0.1, 0.15) is 11.5 Å². The number of nitrogens with two attached hydrogens (primary N) is 1. The highest BCUT2D eigenvalue weighted by Gasteiger charge is 2.12. The third-order valence-electron chi connectivity index (χ3n) is 2.93. The van der Waals surface area contributed by atoms with E-state index >= 15 is 0 Å². The quantitative estimate of drug-likeness (QED) is 0.781. The number of nitrogen functional groups attached to an aromatic ring is 1. The Kier molecular flexibility index (Phi) is 2.92. The number of aromatic nitrogens is 2. The number of hydrogen-bond acceptors (Lipinski definition) is 3. The van der Waals surface area contributed by atoms with Gasteiger partial charge in [0.2, 0.25) is 5.95 Å². The second-order valence-corrected chi connectivity index (χ2v) is 5.14. The van der Waals surface area contributed by atoms with Gasteiger partial charge < -0.3 is 14.7 Å². The van der Waals surface area contributed by atoms with Gasteiger partial charge in [-0.2, -0.15) is 0 Å². The summed E-state index contributed by atoms with van der Waals surface area (Å²) in [6.45, 7) is 2.41. The maximum absolute atomic E-state index is 6.04. The molecule has 0 fully saturated rings. The Morgan fingerprint density at radius 3 is 2.68 bits per heavy atom. The molecule has 2 aromatic heterocycles. The molecule has 0 saturated carbocycles. The Labute approximate surface area is 119 Å². The van der Waals surface area contributed by atoms with E-state index in [4.69, 9.17) is 33.4 Å². The minimum absolute atomic E-state index is 0.405. The highest BCUT2D eigenvalue weighted by Crippen LogP contribution is 2.29. The normalized spacial score (nSPS) is 11.3. The lowest BCUT2D eigenvalue weighted by atomic mass is 10.3. The minimum atomic E-state index is 0.405. The summed E-state index contributed by atoms with van der Waals surface area (Å²) in [6.07, 6.45) is 0. The number of nitrogens with zero attached hydrogens (tertiary/aromatic N) is 2. The van der Waals surface area contributed by atoms with Gasteiger partial charge in [-0.05, 0) is 31.2 Å². The zero-order valence-corrected chi connectivity index (χ0v) is 11.7. The van der Waals surface area contributed by atoms with E-state index < -0.39 is 0 Å². The highest BCUT2D eigenvalue weighted by molar-refractivity contribution is 6.42. The smallest absolute Gasteiger partial charge is 0.201 e. The van der Waals surface area contributed by atoms with Crippen molar-refractivity contribution >= 4 is 40.2 Å². The molecule has 3 rings (SSSR count). The fourth-order valence-corrected chi connectivity index (χ4v) is 2.35. The van der Waals surface area contributed by atoms with E-state index in [-0.39, 0.29) is 0 Å². The van der Waals surface area contributed by atoms with E-state index in [9.17, 15) is 0 Å². The molecule has 0 atom stereocenters. The van der Waals surface area contributed by atoms with Crippen molar-refractivity contribution in [1.29, 1.82) is 0 Å². The van der Waals surface area contributed by atoms with Crippen LogP contribution < -0.4 is 5.73 Å². The van der Waals surface area contributed by atoms with Crippen molar-refractivity contribution in [3.63, 3.8) is 0 Å². The van der Waals surface area contributed by atoms with Crippen LogP contribution in [-0.4, -0.2) is 9.55 Å². The number of rotatable bonds is 2. The van der Waals surface area contributed by atoms with Crippen LogP contribution in [0.4, 0.5) is 5.95 Å². The number of imidazole rings is 1. The van der Waals surface area contributed by atoms with Gasteiger partial charge in [-0.15, -0.1) is 0 Å². The standard InChI is InChI=1S/C13H11Cl2N3O/c1-7-2-3-8(19-7)6-18-12-5-10(15)9(14)4-11(12)17-13(18)16/h2-5H,6H2,1H3,(H2,16,17). The first kappa shape index (κ1) is 12.4.